The van der Waals surface area contributed by atoms with E-state index in [1.807, 2.05) is 17.5 Å². The average Bonchev–Trinajstić information content (AvgIpc) is 3.30. The SMILES string of the molecule is COc1cccc2cc(C(=O)N3CCN(c4nccs4)C(=O)C3)oc12. The number of ether oxygens (including phenoxy) is 1. The Balaban J connectivity index is 1.55. The maximum absolute atomic E-state index is 12.7. The first-order valence-electron chi connectivity index (χ1n) is 7.73. The molecule has 0 aliphatic carbocycles. The summed E-state index contributed by atoms with van der Waals surface area (Å²) < 4.78 is 10.9. The number of nitrogens with zero attached hydrogens (tertiary/aromatic N) is 3. The van der Waals surface area contributed by atoms with E-state index in [4.69, 9.17) is 9.15 Å². The van der Waals surface area contributed by atoms with Crippen molar-refractivity contribution >= 4 is 39.3 Å². The van der Waals surface area contributed by atoms with Crippen LogP contribution in [0, 0.1) is 0 Å². The molecular formula is C17H15N3O4S. The van der Waals surface area contributed by atoms with Gasteiger partial charge >= 0.3 is 0 Å². The number of carbonyl (C=O) groups is 2. The first kappa shape index (κ1) is 15.6. The van der Waals surface area contributed by atoms with Crippen LogP contribution in [-0.4, -0.2) is 48.4 Å². The lowest BCUT2D eigenvalue weighted by Crippen LogP contribution is -2.52. The first-order valence-corrected chi connectivity index (χ1v) is 8.61. The van der Waals surface area contributed by atoms with Crippen LogP contribution in [0.25, 0.3) is 11.0 Å². The van der Waals surface area contributed by atoms with Gasteiger partial charge < -0.3 is 14.1 Å². The largest absolute Gasteiger partial charge is 0.493 e. The Hall–Kier alpha value is -2.87. The molecule has 3 heterocycles. The molecule has 2 aromatic heterocycles. The summed E-state index contributed by atoms with van der Waals surface area (Å²) in [6.45, 7) is 0.854. The molecule has 0 radical (unpaired) electrons. The van der Waals surface area contributed by atoms with E-state index in [0.717, 1.165) is 5.39 Å². The number of fused-ring (bicyclic) bond motifs is 1. The molecule has 1 saturated heterocycles. The average molecular weight is 357 g/mol. The fraction of sp³-hybridized carbons (Fsp3) is 0.235. The Bertz CT molecular complexity index is 935. The van der Waals surface area contributed by atoms with Gasteiger partial charge in [-0.05, 0) is 12.1 Å². The van der Waals surface area contributed by atoms with Crippen LogP contribution in [0.2, 0.25) is 0 Å². The van der Waals surface area contributed by atoms with Crippen LogP contribution in [0.15, 0.2) is 40.3 Å². The Labute approximate surface area is 147 Å². The predicted molar refractivity (Wildman–Crippen MR) is 93.1 cm³/mol. The maximum atomic E-state index is 12.7. The lowest BCUT2D eigenvalue weighted by atomic mass is 10.2. The number of furan rings is 1. The van der Waals surface area contributed by atoms with Gasteiger partial charge in [0.1, 0.15) is 6.54 Å². The van der Waals surface area contributed by atoms with Crippen molar-refractivity contribution in [2.45, 2.75) is 0 Å². The zero-order chi connectivity index (χ0) is 17.4. The monoisotopic (exact) mass is 357 g/mol. The minimum atomic E-state index is -0.301. The molecule has 0 atom stereocenters. The van der Waals surface area contributed by atoms with Crippen molar-refractivity contribution in [2.24, 2.45) is 0 Å². The molecular weight excluding hydrogens is 342 g/mol. The molecule has 8 heteroatoms. The highest BCUT2D eigenvalue weighted by atomic mass is 32.1. The number of para-hydroxylation sites is 1. The van der Waals surface area contributed by atoms with Crippen molar-refractivity contribution in [3.8, 4) is 5.75 Å². The predicted octanol–water partition coefficient (Wildman–Crippen LogP) is 2.39. The van der Waals surface area contributed by atoms with Crippen molar-refractivity contribution in [1.29, 1.82) is 0 Å². The fourth-order valence-electron chi connectivity index (χ4n) is 2.86. The van der Waals surface area contributed by atoms with E-state index >= 15 is 0 Å². The van der Waals surface area contributed by atoms with Crippen molar-refractivity contribution in [1.82, 2.24) is 9.88 Å². The summed E-state index contributed by atoms with van der Waals surface area (Å²) in [7, 11) is 1.55. The Morgan fingerprint density at radius 1 is 1.36 bits per heavy atom. The number of benzene rings is 1. The van der Waals surface area contributed by atoms with E-state index in [2.05, 4.69) is 4.98 Å². The Morgan fingerprint density at radius 2 is 2.24 bits per heavy atom. The highest BCUT2D eigenvalue weighted by Crippen LogP contribution is 2.29. The Kier molecular flexibility index (Phi) is 3.89. The fourth-order valence-corrected chi connectivity index (χ4v) is 3.54. The smallest absolute Gasteiger partial charge is 0.290 e. The molecule has 0 N–H and O–H groups in total. The minimum Gasteiger partial charge on any atom is -0.493 e. The number of amides is 2. The Morgan fingerprint density at radius 3 is 2.96 bits per heavy atom. The summed E-state index contributed by atoms with van der Waals surface area (Å²) >= 11 is 1.40. The van der Waals surface area contributed by atoms with Gasteiger partial charge in [0.25, 0.3) is 5.91 Å². The molecule has 7 nitrogen and oxygen atoms in total. The molecule has 3 aromatic rings. The van der Waals surface area contributed by atoms with Crippen LogP contribution in [0.1, 0.15) is 10.6 Å². The van der Waals surface area contributed by atoms with Crippen LogP contribution in [-0.2, 0) is 4.79 Å². The normalized spacial score (nSPS) is 15.0. The van der Waals surface area contributed by atoms with Crippen molar-refractivity contribution < 1.29 is 18.7 Å². The number of anilines is 1. The second-order valence-corrected chi connectivity index (χ2v) is 6.45. The van der Waals surface area contributed by atoms with E-state index in [9.17, 15) is 9.59 Å². The van der Waals surface area contributed by atoms with E-state index < -0.39 is 0 Å². The molecule has 0 saturated carbocycles. The third-order valence-electron chi connectivity index (χ3n) is 4.10. The van der Waals surface area contributed by atoms with Crippen LogP contribution >= 0.6 is 11.3 Å². The number of hydrogen-bond acceptors (Lipinski definition) is 6. The molecule has 25 heavy (non-hydrogen) atoms. The number of methoxy groups -OCH3 is 1. The van der Waals surface area contributed by atoms with E-state index in [1.165, 1.54) is 16.2 Å². The van der Waals surface area contributed by atoms with Crippen LogP contribution in [0.5, 0.6) is 5.75 Å². The maximum Gasteiger partial charge on any atom is 0.290 e. The zero-order valence-corrected chi connectivity index (χ0v) is 14.3. The number of hydrogen-bond donors (Lipinski definition) is 0. The number of carbonyl (C=O) groups excluding carboxylic acids is 2. The van der Waals surface area contributed by atoms with E-state index in [0.29, 0.717) is 29.6 Å². The summed E-state index contributed by atoms with van der Waals surface area (Å²) in [5.41, 5.74) is 0.529. The van der Waals surface area contributed by atoms with Gasteiger partial charge in [-0.1, -0.05) is 12.1 Å². The van der Waals surface area contributed by atoms with Gasteiger partial charge in [0.15, 0.2) is 22.2 Å². The van der Waals surface area contributed by atoms with Crippen molar-refractivity contribution in [3.05, 3.63) is 41.6 Å². The number of piperazine rings is 1. The van der Waals surface area contributed by atoms with Gasteiger partial charge in [-0.3, -0.25) is 14.5 Å². The highest BCUT2D eigenvalue weighted by molar-refractivity contribution is 7.13. The third-order valence-corrected chi connectivity index (χ3v) is 4.89. The minimum absolute atomic E-state index is 0.00654. The number of rotatable bonds is 3. The molecule has 2 amide bonds. The van der Waals surface area contributed by atoms with Gasteiger partial charge in [0, 0.05) is 30.1 Å². The standard InChI is InChI=1S/C17H15N3O4S/c1-23-12-4-2-3-11-9-13(24-15(11)12)16(22)19-6-7-20(14(21)10-19)17-18-5-8-25-17/h2-5,8-9H,6-7,10H2,1H3. The van der Waals surface area contributed by atoms with Crippen LogP contribution in [0.4, 0.5) is 5.13 Å². The lowest BCUT2D eigenvalue weighted by molar-refractivity contribution is -0.120. The van der Waals surface area contributed by atoms with E-state index in [-0.39, 0.29) is 24.1 Å². The molecule has 1 fully saturated rings. The molecule has 1 aliphatic heterocycles. The molecule has 128 valence electrons. The van der Waals surface area contributed by atoms with Crippen molar-refractivity contribution in [2.75, 3.05) is 31.6 Å². The van der Waals surface area contributed by atoms with Crippen LogP contribution in [0.3, 0.4) is 0 Å². The second kappa shape index (κ2) is 6.21. The topological polar surface area (TPSA) is 75.9 Å². The summed E-state index contributed by atoms with van der Waals surface area (Å²) in [5, 5.41) is 3.27. The van der Waals surface area contributed by atoms with E-state index in [1.54, 1.807) is 30.3 Å². The zero-order valence-electron chi connectivity index (χ0n) is 13.5. The van der Waals surface area contributed by atoms with Gasteiger partial charge in [-0.15, -0.1) is 11.3 Å². The third kappa shape index (κ3) is 2.74. The summed E-state index contributed by atoms with van der Waals surface area (Å²) in [6.07, 6.45) is 1.66. The van der Waals surface area contributed by atoms with Crippen molar-refractivity contribution in [3.63, 3.8) is 0 Å². The van der Waals surface area contributed by atoms with Gasteiger partial charge in [-0.2, -0.15) is 0 Å². The summed E-state index contributed by atoms with van der Waals surface area (Å²) in [6, 6.07) is 7.14. The molecule has 1 aromatic carbocycles. The molecule has 0 unspecified atom stereocenters. The molecule has 1 aliphatic rings. The number of thiazole rings is 1. The molecule has 0 spiro atoms. The van der Waals surface area contributed by atoms with Gasteiger partial charge in [0.05, 0.1) is 7.11 Å². The molecule has 0 bridgehead atoms. The summed E-state index contributed by atoms with van der Waals surface area (Å²) in [5.74, 6) is 0.324. The first-order chi connectivity index (χ1) is 12.2. The van der Waals surface area contributed by atoms with Gasteiger partial charge in [0.2, 0.25) is 5.91 Å². The summed E-state index contributed by atoms with van der Waals surface area (Å²) in [4.78, 5) is 32.3. The van der Waals surface area contributed by atoms with Gasteiger partial charge in [-0.25, -0.2) is 4.98 Å². The lowest BCUT2D eigenvalue weighted by Gasteiger charge is -2.32. The second-order valence-electron chi connectivity index (χ2n) is 5.58. The van der Waals surface area contributed by atoms with Crippen LogP contribution < -0.4 is 9.64 Å². The quantitative estimate of drug-likeness (QED) is 0.719. The highest BCUT2D eigenvalue weighted by Gasteiger charge is 2.31. The number of aromatic nitrogens is 1. The molecule has 4 rings (SSSR count).